The molecule has 0 saturated carbocycles. The quantitative estimate of drug-likeness (QED) is 0.159. The Morgan fingerprint density at radius 2 is 1.55 bits per heavy atom. The number of carbonyl (C=O) groups excluding carboxylic acids is 1. The lowest BCUT2D eigenvalue weighted by atomic mass is 10.1. The van der Waals surface area contributed by atoms with Crippen LogP contribution < -0.4 is 14.8 Å². The first-order chi connectivity index (χ1) is 18.4. The van der Waals surface area contributed by atoms with Gasteiger partial charge in [0.1, 0.15) is 36.4 Å². The van der Waals surface area contributed by atoms with E-state index in [0.29, 0.717) is 41.0 Å². The van der Waals surface area contributed by atoms with Crippen LogP contribution in [-0.4, -0.2) is 5.91 Å². The molecule has 0 aliphatic carbocycles. The van der Waals surface area contributed by atoms with Gasteiger partial charge in [-0.3, -0.25) is 4.79 Å². The van der Waals surface area contributed by atoms with Gasteiger partial charge in [-0.05, 0) is 78.2 Å². The smallest absolute Gasteiger partial charge is 0.266 e. The Balaban J connectivity index is 1.34. The fourth-order valence-corrected chi connectivity index (χ4v) is 3.97. The number of aryl methyl sites for hydroxylation is 1. The molecule has 0 aromatic heterocycles. The number of halogens is 2. The van der Waals surface area contributed by atoms with Crippen LogP contribution in [0.3, 0.4) is 0 Å². The van der Waals surface area contributed by atoms with Gasteiger partial charge in [-0.2, -0.15) is 5.26 Å². The van der Waals surface area contributed by atoms with Gasteiger partial charge in [0.05, 0.1) is 5.02 Å². The van der Waals surface area contributed by atoms with E-state index in [4.69, 9.17) is 21.1 Å². The molecule has 5 nitrogen and oxygen atoms in total. The number of anilines is 1. The Labute approximate surface area is 235 Å². The zero-order valence-corrected chi connectivity index (χ0v) is 22.9. The van der Waals surface area contributed by atoms with E-state index in [1.807, 2.05) is 61.5 Å². The van der Waals surface area contributed by atoms with Crippen LogP contribution in [0.15, 0.2) is 101 Å². The summed E-state index contributed by atoms with van der Waals surface area (Å²) in [4.78, 5) is 12.7. The maximum absolute atomic E-state index is 12.7. The maximum Gasteiger partial charge on any atom is 0.266 e. The lowest BCUT2D eigenvalue weighted by Gasteiger charge is -2.10. The number of hydrogen-bond donors (Lipinski definition) is 1. The summed E-state index contributed by atoms with van der Waals surface area (Å²) < 4.78 is 12.6. The Hall–Kier alpha value is -4.05. The number of hydrogen-bond acceptors (Lipinski definition) is 4. The predicted octanol–water partition coefficient (Wildman–Crippen LogP) is 8.11. The molecule has 0 bridgehead atoms. The third-order valence-electron chi connectivity index (χ3n) is 5.58. The highest BCUT2D eigenvalue weighted by molar-refractivity contribution is 9.10. The number of nitrogens with zero attached hydrogens (tertiary/aromatic N) is 1. The van der Waals surface area contributed by atoms with Gasteiger partial charge in [0.2, 0.25) is 0 Å². The van der Waals surface area contributed by atoms with Crippen LogP contribution in [0.1, 0.15) is 22.3 Å². The monoisotopic (exact) mass is 586 g/mol. The molecule has 0 fully saturated rings. The van der Waals surface area contributed by atoms with E-state index < -0.39 is 5.91 Å². The van der Waals surface area contributed by atoms with E-state index in [-0.39, 0.29) is 5.57 Å². The van der Waals surface area contributed by atoms with E-state index in [1.165, 1.54) is 11.6 Å². The first-order valence-corrected chi connectivity index (χ1v) is 12.9. The minimum Gasteiger partial charge on any atom is -0.489 e. The second kappa shape index (κ2) is 13.0. The Morgan fingerprint density at radius 1 is 0.921 bits per heavy atom. The minimum atomic E-state index is -0.521. The SMILES string of the molecule is Cc1ccc(COc2ccc(/C=C(\C#N)C(=O)Nc3ccc(OCc4ccc(Br)cc4)cc3)cc2Cl)cc1. The Kier molecular flexibility index (Phi) is 9.21. The van der Waals surface area contributed by atoms with Crippen molar-refractivity contribution in [3.8, 4) is 17.6 Å². The van der Waals surface area contributed by atoms with Crippen LogP contribution in [0.5, 0.6) is 11.5 Å². The lowest BCUT2D eigenvalue weighted by molar-refractivity contribution is -0.112. The first-order valence-electron chi connectivity index (χ1n) is 11.8. The number of nitriles is 1. The summed E-state index contributed by atoms with van der Waals surface area (Å²) in [5.74, 6) is 0.669. The second-order valence-corrected chi connectivity index (χ2v) is 9.85. The van der Waals surface area contributed by atoms with Crippen molar-refractivity contribution in [1.82, 2.24) is 0 Å². The van der Waals surface area contributed by atoms with Gasteiger partial charge in [-0.1, -0.05) is 75.6 Å². The van der Waals surface area contributed by atoms with Gasteiger partial charge in [0.25, 0.3) is 5.91 Å². The summed E-state index contributed by atoms with van der Waals surface area (Å²) >= 11 is 9.80. The average Bonchev–Trinajstić information content (AvgIpc) is 2.92. The van der Waals surface area contributed by atoms with Crippen LogP contribution in [0, 0.1) is 18.3 Å². The highest BCUT2D eigenvalue weighted by Gasteiger charge is 2.11. The largest absolute Gasteiger partial charge is 0.489 e. The molecule has 1 N–H and O–H groups in total. The molecular weight excluding hydrogens is 564 g/mol. The molecule has 0 aliphatic heterocycles. The topological polar surface area (TPSA) is 71.3 Å². The van der Waals surface area contributed by atoms with Crippen molar-refractivity contribution < 1.29 is 14.3 Å². The van der Waals surface area contributed by atoms with Gasteiger partial charge >= 0.3 is 0 Å². The summed E-state index contributed by atoms with van der Waals surface area (Å²) in [6, 6.07) is 30.0. The van der Waals surface area contributed by atoms with Crippen molar-refractivity contribution in [2.75, 3.05) is 5.32 Å². The van der Waals surface area contributed by atoms with Gasteiger partial charge in [0, 0.05) is 10.2 Å². The van der Waals surface area contributed by atoms with E-state index in [2.05, 4.69) is 21.2 Å². The van der Waals surface area contributed by atoms with Crippen molar-refractivity contribution in [2.45, 2.75) is 20.1 Å². The van der Waals surface area contributed by atoms with Crippen molar-refractivity contribution in [1.29, 1.82) is 5.26 Å². The molecule has 0 unspecified atom stereocenters. The first kappa shape index (κ1) is 27.0. The zero-order chi connectivity index (χ0) is 26.9. The van der Waals surface area contributed by atoms with Gasteiger partial charge < -0.3 is 14.8 Å². The third-order valence-corrected chi connectivity index (χ3v) is 6.40. The van der Waals surface area contributed by atoms with Gasteiger partial charge in [-0.25, -0.2) is 0 Å². The van der Waals surface area contributed by atoms with Crippen LogP contribution >= 0.6 is 27.5 Å². The molecule has 4 aromatic rings. The average molecular weight is 588 g/mol. The summed E-state index contributed by atoms with van der Waals surface area (Å²) in [6.07, 6.45) is 1.49. The predicted molar refractivity (Wildman–Crippen MR) is 154 cm³/mol. The van der Waals surface area contributed by atoms with Gasteiger partial charge in [-0.15, -0.1) is 0 Å². The van der Waals surface area contributed by atoms with E-state index in [9.17, 15) is 10.1 Å². The van der Waals surface area contributed by atoms with E-state index >= 15 is 0 Å². The molecule has 1 amide bonds. The molecule has 4 rings (SSSR count). The number of ether oxygens (including phenoxy) is 2. The summed E-state index contributed by atoms with van der Waals surface area (Å²) in [6.45, 7) is 2.84. The van der Waals surface area contributed by atoms with Gasteiger partial charge in [0.15, 0.2) is 0 Å². The number of carbonyl (C=O) groups is 1. The summed E-state index contributed by atoms with van der Waals surface area (Å²) in [5, 5.41) is 12.7. The normalized spacial score (nSPS) is 10.9. The molecule has 0 radical (unpaired) electrons. The van der Waals surface area contributed by atoms with Crippen molar-refractivity contribution in [2.24, 2.45) is 0 Å². The third kappa shape index (κ3) is 7.72. The van der Waals surface area contributed by atoms with E-state index in [1.54, 1.807) is 42.5 Å². The molecule has 0 aliphatic rings. The molecule has 38 heavy (non-hydrogen) atoms. The van der Waals surface area contributed by atoms with Crippen LogP contribution in [0.2, 0.25) is 5.02 Å². The molecule has 4 aromatic carbocycles. The zero-order valence-electron chi connectivity index (χ0n) is 20.6. The van der Waals surface area contributed by atoms with Crippen molar-refractivity contribution in [3.63, 3.8) is 0 Å². The Morgan fingerprint density at radius 3 is 2.18 bits per heavy atom. The second-order valence-electron chi connectivity index (χ2n) is 8.53. The fourth-order valence-electron chi connectivity index (χ4n) is 3.46. The number of benzene rings is 4. The molecule has 0 atom stereocenters. The molecule has 190 valence electrons. The standard InChI is InChI=1S/C31H24BrClN2O3/c1-21-2-4-22(5-3-21)20-38-30-15-8-24(17-29(30)33)16-25(18-34)31(36)35-27-11-13-28(14-12-27)37-19-23-6-9-26(32)10-7-23/h2-17H,19-20H2,1H3,(H,35,36)/b25-16+. The molecule has 7 heteroatoms. The molecule has 0 spiro atoms. The lowest BCUT2D eigenvalue weighted by Crippen LogP contribution is -2.13. The highest BCUT2D eigenvalue weighted by atomic mass is 79.9. The van der Waals surface area contributed by atoms with E-state index in [0.717, 1.165) is 15.6 Å². The highest BCUT2D eigenvalue weighted by Crippen LogP contribution is 2.27. The number of nitrogens with one attached hydrogen (secondary N) is 1. The molecular formula is C31H24BrClN2O3. The Bertz CT molecular complexity index is 1480. The maximum atomic E-state index is 12.7. The summed E-state index contributed by atoms with van der Waals surface area (Å²) in [7, 11) is 0. The van der Waals surface area contributed by atoms with Crippen molar-refractivity contribution >= 4 is 45.2 Å². The number of amides is 1. The minimum absolute atomic E-state index is 0.0510. The van der Waals surface area contributed by atoms with Crippen molar-refractivity contribution in [3.05, 3.63) is 128 Å². The molecule has 0 heterocycles. The summed E-state index contributed by atoms with van der Waals surface area (Å²) in [5.41, 5.74) is 4.36. The van der Waals surface area contributed by atoms with Crippen LogP contribution in [-0.2, 0) is 18.0 Å². The van der Waals surface area contributed by atoms with Crippen LogP contribution in [0.4, 0.5) is 5.69 Å². The van der Waals surface area contributed by atoms with Crippen LogP contribution in [0.25, 0.3) is 6.08 Å². The fraction of sp³-hybridized carbons (Fsp3) is 0.0968. The molecule has 0 saturated heterocycles. The number of rotatable bonds is 9.